The first-order chi connectivity index (χ1) is 11.4. The van der Waals surface area contributed by atoms with Crippen molar-refractivity contribution in [2.24, 2.45) is 0 Å². The molecule has 2 N–H and O–H groups in total. The van der Waals surface area contributed by atoms with Gasteiger partial charge >= 0.3 is 5.69 Å². The maximum atomic E-state index is 13.5. The van der Waals surface area contributed by atoms with Gasteiger partial charge in [0, 0.05) is 17.8 Å². The molecule has 0 bridgehead atoms. The number of halogens is 1. The Morgan fingerprint density at radius 3 is 2.71 bits per heavy atom. The van der Waals surface area contributed by atoms with Crippen LogP contribution in [0.2, 0.25) is 0 Å². The number of H-pyrrole nitrogens is 1. The van der Waals surface area contributed by atoms with Crippen molar-refractivity contribution in [3.63, 3.8) is 0 Å². The third-order valence-electron chi connectivity index (χ3n) is 3.21. The molecule has 8 heteroatoms. The minimum Gasteiger partial charge on any atom is -0.351 e. The van der Waals surface area contributed by atoms with Gasteiger partial charge < -0.3 is 10.3 Å². The Bertz CT molecular complexity index is 836. The van der Waals surface area contributed by atoms with E-state index in [0.29, 0.717) is 16.8 Å². The number of aryl methyl sites for hydroxylation is 1. The van der Waals surface area contributed by atoms with Crippen LogP contribution in [-0.2, 0) is 11.3 Å². The minimum atomic E-state index is -0.577. The van der Waals surface area contributed by atoms with Gasteiger partial charge in [0.05, 0.1) is 11.3 Å². The summed E-state index contributed by atoms with van der Waals surface area (Å²) >= 11 is 0.993. The highest BCUT2D eigenvalue weighted by atomic mass is 32.2. The molecule has 0 aliphatic carbocycles. The highest BCUT2D eigenvalue weighted by Gasteiger charge is 2.16. The molecule has 24 heavy (non-hydrogen) atoms. The standard InChI is InChI=1S/C16H16FN3O3S/c1-9-14(10(2)21)15(20-16(23)19-9)24-8-13(22)18-7-11-5-3-4-6-12(11)17/h3-6H,7-8H2,1-2H3,(H,18,22)(H,19,20,23). The van der Waals surface area contributed by atoms with Gasteiger partial charge in [-0.15, -0.1) is 0 Å². The van der Waals surface area contributed by atoms with Crippen molar-refractivity contribution in [1.82, 2.24) is 15.3 Å². The summed E-state index contributed by atoms with van der Waals surface area (Å²) < 4.78 is 13.5. The molecule has 0 saturated carbocycles. The second-order valence-electron chi connectivity index (χ2n) is 5.06. The third-order valence-corrected chi connectivity index (χ3v) is 4.19. The average Bonchev–Trinajstić information content (AvgIpc) is 2.51. The molecule has 0 radical (unpaired) electrons. The Kier molecular flexibility index (Phi) is 5.86. The van der Waals surface area contributed by atoms with E-state index >= 15 is 0 Å². The number of thioether (sulfide) groups is 1. The molecule has 1 amide bonds. The number of amides is 1. The number of nitrogens with one attached hydrogen (secondary N) is 2. The van der Waals surface area contributed by atoms with Gasteiger partial charge in [-0.25, -0.2) is 9.18 Å². The zero-order valence-electron chi connectivity index (χ0n) is 13.2. The molecular formula is C16H16FN3O3S. The Morgan fingerprint density at radius 1 is 1.33 bits per heavy atom. The van der Waals surface area contributed by atoms with E-state index in [1.54, 1.807) is 25.1 Å². The van der Waals surface area contributed by atoms with E-state index in [0.717, 1.165) is 11.8 Å². The first-order valence-corrected chi connectivity index (χ1v) is 8.11. The zero-order chi connectivity index (χ0) is 17.7. The van der Waals surface area contributed by atoms with Gasteiger partial charge in [0.1, 0.15) is 10.8 Å². The molecule has 2 rings (SSSR count). The molecule has 0 aliphatic rings. The highest BCUT2D eigenvalue weighted by Crippen LogP contribution is 2.21. The Balaban J connectivity index is 2.01. The van der Waals surface area contributed by atoms with Crippen LogP contribution < -0.4 is 11.0 Å². The Hall–Kier alpha value is -2.48. The predicted octanol–water partition coefficient (Wildman–Crippen LogP) is 1.83. The van der Waals surface area contributed by atoms with Crippen LogP contribution in [0.5, 0.6) is 0 Å². The maximum Gasteiger partial charge on any atom is 0.346 e. The number of ketones is 1. The average molecular weight is 349 g/mol. The summed E-state index contributed by atoms with van der Waals surface area (Å²) in [6.45, 7) is 3.03. The zero-order valence-corrected chi connectivity index (χ0v) is 14.0. The van der Waals surface area contributed by atoms with E-state index in [1.807, 2.05) is 0 Å². The van der Waals surface area contributed by atoms with Crippen molar-refractivity contribution in [2.45, 2.75) is 25.4 Å². The number of hydrogen-bond donors (Lipinski definition) is 2. The van der Waals surface area contributed by atoms with Crippen LogP contribution in [0.25, 0.3) is 0 Å². The maximum absolute atomic E-state index is 13.5. The largest absolute Gasteiger partial charge is 0.351 e. The number of Topliss-reactive ketones (excluding diaryl/α,β-unsaturated/α-hetero) is 1. The molecule has 1 heterocycles. The van der Waals surface area contributed by atoms with Crippen LogP contribution in [0, 0.1) is 12.7 Å². The molecule has 1 aromatic heterocycles. The van der Waals surface area contributed by atoms with Crippen LogP contribution in [0.15, 0.2) is 34.1 Å². The molecule has 2 aromatic rings. The summed E-state index contributed by atoms with van der Waals surface area (Å²) in [5.74, 6) is -1.02. The molecule has 6 nitrogen and oxygen atoms in total. The normalized spacial score (nSPS) is 10.5. The number of carbonyl (C=O) groups excluding carboxylic acids is 2. The van der Waals surface area contributed by atoms with Crippen molar-refractivity contribution in [1.29, 1.82) is 0 Å². The summed E-state index contributed by atoms with van der Waals surface area (Å²) in [4.78, 5) is 41.2. The van der Waals surface area contributed by atoms with Crippen LogP contribution in [0.1, 0.15) is 28.5 Å². The number of benzene rings is 1. The number of nitrogens with zero attached hydrogens (tertiary/aromatic N) is 1. The summed E-state index contributed by atoms with van der Waals surface area (Å²) in [5.41, 5.74) is 0.510. The van der Waals surface area contributed by atoms with Gasteiger partial charge in [-0.1, -0.05) is 30.0 Å². The second-order valence-corrected chi connectivity index (χ2v) is 6.02. The SMILES string of the molecule is CC(=O)c1c(SCC(=O)NCc2ccccc2F)nc(=O)[nH]c1C. The lowest BCUT2D eigenvalue weighted by Crippen LogP contribution is -2.25. The predicted molar refractivity (Wildman–Crippen MR) is 88.6 cm³/mol. The summed E-state index contributed by atoms with van der Waals surface area (Å²) in [6.07, 6.45) is 0. The topological polar surface area (TPSA) is 91.9 Å². The molecule has 0 aliphatic heterocycles. The lowest BCUT2D eigenvalue weighted by molar-refractivity contribution is -0.118. The minimum absolute atomic E-state index is 0.0371. The van der Waals surface area contributed by atoms with Gasteiger partial charge in [0.2, 0.25) is 5.91 Å². The number of carbonyl (C=O) groups is 2. The van der Waals surface area contributed by atoms with Crippen molar-refractivity contribution in [3.8, 4) is 0 Å². The van der Waals surface area contributed by atoms with Crippen molar-refractivity contribution in [2.75, 3.05) is 5.75 Å². The number of hydrogen-bond acceptors (Lipinski definition) is 5. The van der Waals surface area contributed by atoms with Crippen LogP contribution in [0.3, 0.4) is 0 Å². The van der Waals surface area contributed by atoms with E-state index < -0.39 is 11.5 Å². The Labute approximate surface area is 141 Å². The monoisotopic (exact) mass is 349 g/mol. The molecule has 0 spiro atoms. The molecule has 0 unspecified atom stereocenters. The van der Waals surface area contributed by atoms with Crippen LogP contribution >= 0.6 is 11.8 Å². The quantitative estimate of drug-likeness (QED) is 0.472. The first-order valence-electron chi connectivity index (χ1n) is 7.13. The van der Waals surface area contributed by atoms with Crippen LogP contribution in [0.4, 0.5) is 4.39 Å². The van der Waals surface area contributed by atoms with Gasteiger partial charge in [0.25, 0.3) is 0 Å². The summed E-state index contributed by atoms with van der Waals surface area (Å²) in [6, 6.07) is 6.15. The fourth-order valence-corrected chi connectivity index (χ4v) is 3.06. The summed E-state index contributed by atoms with van der Waals surface area (Å²) in [5, 5.41) is 2.80. The number of rotatable bonds is 6. The second kappa shape index (κ2) is 7.87. The van der Waals surface area contributed by atoms with E-state index in [2.05, 4.69) is 15.3 Å². The van der Waals surface area contributed by atoms with Gasteiger partial charge in [-0.3, -0.25) is 9.59 Å². The van der Waals surface area contributed by atoms with Crippen molar-refractivity contribution >= 4 is 23.5 Å². The van der Waals surface area contributed by atoms with Crippen molar-refractivity contribution < 1.29 is 14.0 Å². The van der Waals surface area contributed by atoms with Gasteiger partial charge in [-0.05, 0) is 19.9 Å². The highest BCUT2D eigenvalue weighted by molar-refractivity contribution is 8.00. The smallest absolute Gasteiger partial charge is 0.346 e. The third kappa shape index (κ3) is 4.51. The van der Waals surface area contributed by atoms with E-state index in [9.17, 15) is 18.8 Å². The number of aromatic nitrogens is 2. The van der Waals surface area contributed by atoms with Crippen LogP contribution in [-0.4, -0.2) is 27.4 Å². The lowest BCUT2D eigenvalue weighted by Gasteiger charge is -2.09. The van der Waals surface area contributed by atoms with E-state index in [-0.39, 0.29) is 29.0 Å². The molecule has 0 atom stereocenters. The molecule has 126 valence electrons. The van der Waals surface area contributed by atoms with E-state index in [4.69, 9.17) is 0 Å². The number of aromatic amines is 1. The fraction of sp³-hybridized carbons (Fsp3) is 0.250. The first kappa shape index (κ1) is 17.9. The van der Waals surface area contributed by atoms with Gasteiger partial charge in [0.15, 0.2) is 5.78 Å². The summed E-state index contributed by atoms with van der Waals surface area (Å²) in [7, 11) is 0. The molecular weight excluding hydrogens is 333 g/mol. The molecule has 1 aromatic carbocycles. The van der Waals surface area contributed by atoms with Gasteiger partial charge in [-0.2, -0.15) is 4.98 Å². The molecule has 0 saturated heterocycles. The lowest BCUT2D eigenvalue weighted by atomic mass is 10.2. The van der Waals surface area contributed by atoms with E-state index in [1.165, 1.54) is 13.0 Å². The molecule has 0 fully saturated rings. The Morgan fingerprint density at radius 2 is 2.04 bits per heavy atom. The fourth-order valence-electron chi connectivity index (χ4n) is 2.10. The van der Waals surface area contributed by atoms with Crippen molar-refractivity contribution in [3.05, 3.63) is 57.4 Å².